The monoisotopic (exact) mass is 627 g/mol. The lowest BCUT2D eigenvalue weighted by Gasteiger charge is -2.68. The third-order valence-corrected chi connectivity index (χ3v) is 12.9. The lowest BCUT2D eigenvalue weighted by molar-refractivity contribution is -0.283. The van der Waals surface area contributed by atoms with Gasteiger partial charge in [0.15, 0.2) is 0 Å². The van der Waals surface area contributed by atoms with Crippen LogP contribution in [-0.2, 0) is 28.4 Å². The van der Waals surface area contributed by atoms with Gasteiger partial charge in [0.05, 0.1) is 43.2 Å². The maximum absolute atomic E-state index is 13.9. The fourth-order valence-corrected chi connectivity index (χ4v) is 12.0. The maximum Gasteiger partial charge on any atom is 0.338 e. The van der Waals surface area contributed by atoms with Gasteiger partial charge < -0.3 is 38.3 Å². The van der Waals surface area contributed by atoms with Gasteiger partial charge in [-0.1, -0.05) is 19.1 Å². The number of hydrogen-bond acceptors (Lipinski definition) is 10. The van der Waals surface area contributed by atoms with Crippen LogP contribution in [0.3, 0.4) is 0 Å². The smallest absolute Gasteiger partial charge is 0.338 e. The molecule has 10 nitrogen and oxygen atoms in total. The average molecular weight is 628 g/mol. The van der Waals surface area contributed by atoms with Gasteiger partial charge >= 0.3 is 5.97 Å². The maximum atomic E-state index is 13.9. The standard InChI is InChI=1S/C35H49NO9/c1-8-36-18-32(19-39-3)15-14-23(41-5)35-22-16-33(38)24(42-6)17-34(44-9-2,26(29(35)36)27(43-7)28(32)35)25(22)30(33)45-31(37)20-10-12-21(40-4)13-11-20/h10-15,22-30,38H,8-9,16-19H2,1-7H3/t22?,23?,24-,25?,26?,27?,28?,29?,30?,32?,33-,34+,35?/m0/s1. The van der Waals surface area contributed by atoms with Crippen molar-refractivity contribution in [3.05, 3.63) is 42.0 Å². The first kappa shape index (κ1) is 31.5. The SMILES string of the molecule is CCO[C@]12C[C@H](OC)[C@@]3(O)CC(C1C3OC(=O)c1ccc(OC)cc1)C13C(OC)C=CC4(COC)CN(CC)C1C2C(OC)C43. The Morgan fingerprint density at radius 1 is 1.00 bits per heavy atom. The number of fused-ring (bicyclic) bond motifs is 2. The Labute approximate surface area is 266 Å². The number of benzene rings is 1. The van der Waals surface area contributed by atoms with E-state index >= 15 is 0 Å². The third kappa shape index (κ3) is 3.79. The lowest BCUT2D eigenvalue weighted by Crippen LogP contribution is -2.76. The number of piperidine rings is 1. The number of rotatable bonds is 11. The average Bonchev–Trinajstić information content (AvgIpc) is 3.42. The second-order valence-corrected chi connectivity index (χ2v) is 14.1. The second kappa shape index (κ2) is 11.0. The van der Waals surface area contributed by atoms with Crippen molar-refractivity contribution < 1.29 is 43.1 Å². The molecule has 0 aromatic heterocycles. The van der Waals surface area contributed by atoms with Crippen LogP contribution in [0.5, 0.6) is 5.75 Å². The molecular formula is C35H49NO9. The van der Waals surface area contributed by atoms with Crippen molar-refractivity contribution in [2.24, 2.45) is 34.5 Å². The number of esters is 1. The summed E-state index contributed by atoms with van der Waals surface area (Å²) in [5.41, 5.74) is -2.58. The molecule has 10 heteroatoms. The summed E-state index contributed by atoms with van der Waals surface area (Å²) in [4.78, 5) is 16.5. The molecular weight excluding hydrogens is 578 g/mol. The van der Waals surface area contributed by atoms with Crippen LogP contribution in [0.15, 0.2) is 36.4 Å². The largest absolute Gasteiger partial charge is 0.497 e. The first-order valence-electron chi connectivity index (χ1n) is 16.4. The number of carbonyl (C=O) groups excluding carboxylic acids is 1. The van der Waals surface area contributed by atoms with Gasteiger partial charge in [-0.25, -0.2) is 4.79 Å². The lowest BCUT2D eigenvalue weighted by atomic mass is 9.44. The molecule has 45 heavy (non-hydrogen) atoms. The first-order chi connectivity index (χ1) is 21.7. The number of likely N-dealkylation sites (tertiary alicyclic amines) is 1. The number of nitrogens with zero attached hydrogens (tertiary/aromatic N) is 1. The molecule has 0 radical (unpaired) electrons. The van der Waals surface area contributed by atoms with Crippen LogP contribution in [0.25, 0.3) is 0 Å². The van der Waals surface area contributed by atoms with Crippen LogP contribution in [0.4, 0.5) is 0 Å². The van der Waals surface area contributed by atoms with Crippen LogP contribution in [0, 0.1) is 34.5 Å². The molecule has 5 aliphatic carbocycles. The van der Waals surface area contributed by atoms with Crippen LogP contribution in [0.1, 0.15) is 37.0 Å². The predicted molar refractivity (Wildman–Crippen MR) is 164 cm³/mol. The van der Waals surface area contributed by atoms with E-state index in [2.05, 4.69) is 24.0 Å². The normalized spacial score (nSPS) is 47.2. The van der Waals surface area contributed by atoms with Crippen molar-refractivity contribution >= 4 is 5.97 Å². The van der Waals surface area contributed by atoms with Crippen molar-refractivity contribution in [2.75, 3.05) is 61.9 Å². The highest BCUT2D eigenvalue weighted by Gasteiger charge is 2.88. The third-order valence-electron chi connectivity index (χ3n) is 12.9. The molecule has 1 aliphatic heterocycles. The minimum atomic E-state index is -1.41. The highest BCUT2D eigenvalue weighted by Crippen LogP contribution is 2.79. The molecule has 6 aliphatic rings. The van der Waals surface area contributed by atoms with Gasteiger partial charge in [0.2, 0.25) is 0 Å². The highest BCUT2D eigenvalue weighted by molar-refractivity contribution is 5.89. The number of aliphatic hydroxyl groups is 1. The summed E-state index contributed by atoms with van der Waals surface area (Å²) >= 11 is 0. The van der Waals surface area contributed by atoms with Crippen molar-refractivity contribution in [1.29, 1.82) is 0 Å². The Kier molecular flexibility index (Phi) is 7.71. The first-order valence-corrected chi connectivity index (χ1v) is 16.4. The molecule has 4 saturated carbocycles. The molecule has 0 amide bonds. The summed E-state index contributed by atoms with van der Waals surface area (Å²) in [6, 6.07) is 6.93. The van der Waals surface area contributed by atoms with Crippen LogP contribution in [-0.4, -0.2) is 119 Å². The van der Waals surface area contributed by atoms with Gasteiger partial charge in [-0.15, -0.1) is 0 Å². The van der Waals surface area contributed by atoms with Gasteiger partial charge in [-0.05, 0) is 50.1 Å². The van der Waals surface area contributed by atoms with E-state index in [1.54, 1.807) is 52.7 Å². The quantitative estimate of drug-likeness (QED) is 0.291. The summed E-state index contributed by atoms with van der Waals surface area (Å²) in [6.07, 6.45) is 3.56. The molecule has 10 unspecified atom stereocenters. The van der Waals surface area contributed by atoms with E-state index in [9.17, 15) is 9.90 Å². The Bertz CT molecular complexity index is 1320. The highest BCUT2D eigenvalue weighted by atomic mass is 16.6. The molecule has 5 fully saturated rings. The molecule has 1 N–H and O–H groups in total. The molecule has 7 bridgehead atoms. The summed E-state index contributed by atoms with van der Waals surface area (Å²) < 4.78 is 44.1. The van der Waals surface area contributed by atoms with Crippen molar-refractivity contribution in [3.8, 4) is 5.75 Å². The molecule has 1 aromatic carbocycles. The summed E-state index contributed by atoms with van der Waals surface area (Å²) in [7, 11) is 8.60. The predicted octanol–water partition coefficient (Wildman–Crippen LogP) is 2.96. The zero-order valence-corrected chi connectivity index (χ0v) is 27.6. The molecule has 1 saturated heterocycles. The van der Waals surface area contributed by atoms with Gasteiger partial charge in [-0.2, -0.15) is 0 Å². The Morgan fingerprint density at radius 3 is 2.36 bits per heavy atom. The van der Waals surface area contributed by atoms with E-state index < -0.39 is 34.8 Å². The minimum absolute atomic E-state index is 0.0388. The fraction of sp³-hybridized carbons (Fsp3) is 0.743. The van der Waals surface area contributed by atoms with Crippen LogP contribution >= 0.6 is 0 Å². The molecule has 1 heterocycles. The second-order valence-electron chi connectivity index (χ2n) is 14.1. The molecule has 7 rings (SSSR count). The molecule has 248 valence electrons. The van der Waals surface area contributed by atoms with E-state index in [1.165, 1.54) is 0 Å². The number of carbonyl (C=O) groups is 1. The topological polar surface area (TPSA) is 105 Å². The van der Waals surface area contributed by atoms with E-state index in [4.69, 9.17) is 33.2 Å². The van der Waals surface area contributed by atoms with Crippen molar-refractivity contribution in [3.63, 3.8) is 0 Å². The summed E-state index contributed by atoms with van der Waals surface area (Å²) in [6.45, 7) is 6.93. The number of methoxy groups -OCH3 is 5. The van der Waals surface area contributed by atoms with E-state index in [0.717, 1.165) is 13.1 Å². The van der Waals surface area contributed by atoms with Gasteiger partial charge in [0.25, 0.3) is 0 Å². The Morgan fingerprint density at radius 2 is 1.76 bits per heavy atom. The van der Waals surface area contributed by atoms with Crippen molar-refractivity contribution in [2.45, 2.75) is 68.3 Å². The fourth-order valence-electron chi connectivity index (χ4n) is 12.0. The van der Waals surface area contributed by atoms with Crippen LogP contribution < -0.4 is 4.74 Å². The van der Waals surface area contributed by atoms with E-state index in [-0.39, 0.29) is 47.3 Å². The van der Waals surface area contributed by atoms with Gasteiger partial charge in [0.1, 0.15) is 17.5 Å². The van der Waals surface area contributed by atoms with E-state index in [1.807, 2.05) is 14.0 Å². The molecule has 1 aromatic rings. The summed E-state index contributed by atoms with van der Waals surface area (Å²) in [5.74, 6) is -0.310. The molecule has 13 atom stereocenters. The number of ether oxygens (including phenoxy) is 7. The summed E-state index contributed by atoms with van der Waals surface area (Å²) in [5, 5.41) is 12.8. The number of hydrogen-bond donors (Lipinski definition) is 1. The van der Waals surface area contributed by atoms with Crippen LogP contribution in [0.2, 0.25) is 0 Å². The van der Waals surface area contributed by atoms with Gasteiger partial charge in [-0.3, -0.25) is 4.90 Å². The zero-order chi connectivity index (χ0) is 31.9. The zero-order valence-electron chi connectivity index (χ0n) is 27.6. The molecule has 1 spiro atoms. The van der Waals surface area contributed by atoms with Crippen molar-refractivity contribution in [1.82, 2.24) is 4.90 Å². The minimum Gasteiger partial charge on any atom is -0.497 e. The Hall–Kier alpha value is -2.05. The Balaban J connectivity index is 1.45. The van der Waals surface area contributed by atoms with E-state index in [0.29, 0.717) is 37.4 Å². The van der Waals surface area contributed by atoms with Gasteiger partial charge in [0, 0.05) is 82.6 Å².